The molecule has 0 spiro atoms. The summed E-state index contributed by atoms with van der Waals surface area (Å²) >= 11 is 0. The van der Waals surface area contributed by atoms with E-state index in [1.165, 1.54) is 23.0 Å². The molecule has 8 nitrogen and oxygen atoms in total. The molecule has 0 aliphatic rings. The first kappa shape index (κ1) is 18.9. The van der Waals surface area contributed by atoms with Crippen molar-refractivity contribution in [2.45, 2.75) is 9.79 Å². The van der Waals surface area contributed by atoms with Crippen LogP contribution in [0.2, 0.25) is 0 Å². The summed E-state index contributed by atoms with van der Waals surface area (Å²) in [5.41, 5.74) is 8.50. The highest BCUT2D eigenvalue weighted by molar-refractivity contribution is 7.92. The quantitative estimate of drug-likeness (QED) is 0.439. The van der Waals surface area contributed by atoms with Gasteiger partial charge in [-0.25, -0.2) is 18.4 Å². The van der Waals surface area contributed by atoms with Gasteiger partial charge in [-0.05, 0) is 36.4 Å². The van der Waals surface area contributed by atoms with E-state index >= 15 is 0 Å². The van der Waals surface area contributed by atoms with E-state index < -0.39 is 9.84 Å². The van der Waals surface area contributed by atoms with Crippen molar-refractivity contribution in [2.75, 3.05) is 5.73 Å². The number of para-hydroxylation sites is 2. The van der Waals surface area contributed by atoms with Crippen molar-refractivity contribution in [3.63, 3.8) is 0 Å². The summed E-state index contributed by atoms with van der Waals surface area (Å²) < 4.78 is 28.2. The highest BCUT2D eigenvalue weighted by Gasteiger charge is 2.30. The molecule has 5 aromatic rings. The van der Waals surface area contributed by atoms with Crippen molar-refractivity contribution in [2.24, 2.45) is 5.10 Å². The van der Waals surface area contributed by atoms with Gasteiger partial charge >= 0.3 is 0 Å². The lowest BCUT2D eigenvalue weighted by atomic mass is 10.3. The van der Waals surface area contributed by atoms with Crippen LogP contribution in [0, 0.1) is 0 Å². The van der Waals surface area contributed by atoms with E-state index in [4.69, 9.17) is 5.73 Å². The Bertz CT molecular complexity index is 1550. The summed E-state index contributed by atoms with van der Waals surface area (Å²) in [6.07, 6.45) is 3.13. The maximum atomic E-state index is 13.5. The van der Waals surface area contributed by atoms with Gasteiger partial charge < -0.3 is 5.73 Å². The van der Waals surface area contributed by atoms with Crippen LogP contribution >= 0.6 is 0 Å². The zero-order valence-electron chi connectivity index (χ0n) is 16.1. The number of anilines is 1. The fourth-order valence-corrected chi connectivity index (χ4v) is 4.80. The number of benzene rings is 2. The van der Waals surface area contributed by atoms with E-state index in [9.17, 15) is 8.42 Å². The van der Waals surface area contributed by atoms with Crippen molar-refractivity contribution < 1.29 is 8.42 Å². The SMILES string of the molecule is Nc1c(S(=O)(=O)c2ccccc2)c2nc3ccccc3nc2n1N=Cc1ccccn1. The number of rotatable bonds is 4. The third kappa shape index (κ3) is 3.21. The van der Waals surface area contributed by atoms with Gasteiger partial charge in [-0.1, -0.05) is 36.4 Å². The first-order chi connectivity index (χ1) is 15.1. The van der Waals surface area contributed by atoms with Gasteiger partial charge in [0.15, 0.2) is 5.65 Å². The number of pyridine rings is 1. The minimum atomic E-state index is -3.96. The molecule has 0 saturated heterocycles. The number of nitrogen functional groups attached to an aromatic ring is 1. The molecule has 2 aromatic carbocycles. The van der Waals surface area contributed by atoms with Crippen LogP contribution in [0.5, 0.6) is 0 Å². The third-order valence-electron chi connectivity index (χ3n) is 4.74. The molecule has 0 saturated carbocycles. The fraction of sp³-hybridized carbons (Fsp3) is 0. The van der Waals surface area contributed by atoms with Crippen molar-refractivity contribution in [1.82, 2.24) is 19.6 Å². The van der Waals surface area contributed by atoms with Gasteiger partial charge in [-0.15, -0.1) is 0 Å². The highest BCUT2D eigenvalue weighted by atomic mass is 32.2. The fourth-order valence-electron chi connectivity index (χ4n) is 3.29. The summed E-state index contributed by atoms with van der Waals surface area (Å²) in [5.74, 6) is -0.0682. The van der Waals surface area contributed by atoms with Gasteiger partial charge in [0.2, 0.25) is 9.84 Å². The first-order valence-corrected chi connectivity index (χ1v) is 10.9. The Morgan fingerprint density at radius 2 is 1.55 bits per heavy atom. The normalized spacial score (nSPS) is 12.1. The Morgan fingerprint density at radius 3 is 2.26 bits per heavy atom. The molecule has 0 bridgehead atoms. The van der Waals surface area contributed by atoms with E-state index in [0.29, 0.717) is 16.7 Å². The number of fused-ring (bicyclic) bond motifs is 2. The van der Waals surface area contributed by atoms with E-state index in [-0.39, 0.29) is 26.8 Å². The largest absolute Gasteiger partial charge is 0.382 e. The molecule has 31 heavy (non-hydrogen) atoms. The minimum absolute atomic E-state index is 0.0682. The van der Waals surface area contributed by atoms with Gasteiger partial charge in [0.25, 0.3) is 0 Å². The van der Waals surface area contributed by atoms with Crippen LogP contribution < -0.4 is 5.73 Å². The first-order valence-electron chi connectivity index (χ1n) is 9.38. The molecule has 0 amide bonds. The van der Waals surface area contributed by atoms with Gasteiger partial charge in [-0.3, -0.25) is 4.98 Å². The molecule has 3 heterocycles. The second-order valence-electron chi connectivity index (χ2n) is 6.73. The summed E-state index contributed by atoms with van der Waals surface area (Å²) in [6.45, 7) is 0. The highest BCUT2D eigenvalue weighted by Crippen LogP contribution is 2.35. The number of hydrogen-bond acceptors (Lipinski definition) is 7. The van der Waals surface area contributed by atoms with E-state index in [1.54, 1.807) is 48.7 Å². The van der Waals surface area contributed by atoms with Crippen molar-refractivity contribution in [3.8, 4) is 0 Å². The predicted octanol–water partition coefficient (Wildman–Crippen LogP) is 3.28. The minimum Gasteiger partial charge on any atom is -0.382 e. The number of sulfone groups is 1. The lowest BCUT2D eigenvalue weighted by molar-refractivity contribution is 0.597. The second kappa shape index (κ2) is 7.29. The van der Waals surface area contributed by atoms with Gasteiger partial charge in [-0.2, -0.15) is 9.78 Å². The van der Waals surface area contributed by atoms with Gasteiger partial charge in [0.1, 0.15) is 16.2 Å². The van der Waals surface area contributed by atoms with Crippen LogP contribution in [0.15, 0.2) is 93.9 Å². The summed E-state index contributed by atoms with van der Waals surface area (Å²) in [6, 6.07) is 20.7. The zero-order valence-corrected chi connectivity index (χ0v) is 16.9. The molecular weight excluding hydrogens is 412 g/mol. The average molecular weight is 428 g/mol. The van der Waals surface area contributed by atoms with E-state index in [0.717, 1.165) is 0 Å². The number of aromatic nitrogens is 4. The van der Waals surface area contributed by atoms with E-state index in [1.807, 2.05) is 18.2 Å². The molecule has 0 aliphatic carbocycles. The van der Waals surface area contributed by atoms with Crippen LogP contribution in [0.1, 0.15) is 5.69 Å². The Hall–Kier alpha value is -4.11. The number of nitrogens with zero attached hydrogens (tertiary/aromatic N) is 5. The monoisotopic (exact) mass is 428 g/mol. The van der Waals surface area contributed by atoms with Crippen LogP contribution in [-0.2, 0) is 9.84 Å². The van der Waals surface area contributed by atoms with Crippen molar-refractivity contribution >= 4 is 44.1 Å². The summed E-state index contributed by atoms with van der Waals surface area (Å²) in [7, 11) is -3.96. The molecule has 3 aromatic heterocycles. The molecule has 0 fully saturated rings. The van der Waals surface area contributed by atoms with Crippen LogP contribution in [0.4, 0.5) is 5.82 Å². The van der Waals surface area contributed by atoms with Gasteiger partial charge in [0, 0.05) is 6.20 Å². The smallest absolute Gasteiger partial charge is 0.212 e. The number of nitrogens with two attached hydrogens (primary N) is 1. The lowest BCUT2D eigenvalue weighted by Gasteiger charge is -2.04. The van der Waals surface area contributed by atoms with E-state index in [2.05, 4.69) is 20.1 Å². The maximum Gasteiger partial charge on any atom is 0.212 e. The Labute approximate surface area is 177 Å². The standard InChI is InChI=1S/C22H16N6O2S/c23-21-20(31(29,30)16-9-2-1-3-10-16)19-22(27-18-12-5-4-11-17(18)26-19)28(21)25-14-15-8-6-7-13-24-15/h1-14H,23H2. The molecule has 5 rings (SSSR count). The molecule has 9 heteroatoms. The van der Waals surface area contributed by atoms with Crippen LogP contribution in [0.3, 0.4) is 0 Å². The second-order valence-corrected chi connectivity index (χ2v) is 8.61. The topological polar surface area (TPSA) is 116 Å². The van der Waals surface area contributed by atoms with Crippen LogP contribution in [-0.4, -0.2) is 34.3 Å². The predicted molar refractivity (Wildman–Crippen MR) is 119 cm³/mol. The molecule has 0 aliphatic heterocycles. The molecule has 0 atom stereocenters. The molecular formula is C22H16N6O2S. The van der Waals surface area contributed by atoms with Crippen LogP contribution in [0.25, 0.3) is 22.2 Å². The molecule has 152 valence electrons. The Kier molecular flexibility index (Phi) is 4.45. The third-order valence-corrected chi connectivity index (χ3v) is 6.58. The molecule has 0 radical (unpaired) electrons. The Morgan fingerprint density at radius 1 is 0.871 bits per heavy atom. The Balaban J connectivity index is 1.82. The molecule has 2 N–H and O–H groups in total. The summed E-state index contributed by atoms with van der Waals surface area (Å²) in [4.78, 5) is 13.4. The molecule has 0 unspecified atom stereocenters. The lowest BCUT2D eigenvalue weighted by Crippen LogP contribution is -2.06. The van der Waals surface area contributed by atoms with Crippen molar-refractivity contribution in [1.29, 1.82) is 0 Å². The zero-order chi connectivity index (χ0) is 21.4. The van der Waals surface area contributed by atoms with Crippen molar-refractivity contribution in [3.05, 3.63) is 84.7 Å². The maximum absolute atomic E-state index is 13.5. The number of hydrogen-bond donors (Lipinski definition) is 1. The summed E-state index contributed by atoms with van der Waals surface area (Å²) in [5, 5.41) is 4.38. The van der Waals surface area contributed by atoms with Gasteiger partial charge in [0.05, 0.1) is 27.8 Å². The average Bonchev–Trinajstić information content (AvgIpc) is 3.08.